The third-order valence-corrected chi connectivity index (χ3v) is 4.80. The van der Waals surface area contributed by atoms with Gasteiger partial charge in [-0.25, -0.2) is 0 Å². The molecule has 4 N–H and O–H groups in total. The van der Waals surface area contributed by atoms with Crippen molar-refractivity contribution in [3.63, 3.8) is 0 Å². The molecule has 3 rings (SSSR count). The summed E-state index contributed by atoms with van der Waals surface area (Å²) in [6.45, 7) is 3.00. The lowest BCUT2D eigenvalue weighted by Gasteiger charge is -2.02. The van der Waals surface area contributed by atoms with Gasteiger partial charge in [0.1, 0.15) is 5.69 Å². The van der Waals surface area contributed by atoms with Gasteiger partial charge in [0.25, 0.3) is 11.8 Å². The summed E-state index contributed by atoms with van der Waals surface area (Å²) in [5, 5.41) is 14.2. The van der Waals surface area contributed by atoms with E-state index in [0.717, 1.165) is 4.47 Å². The molecule has 2 amide bonds. The van der Waals surface area contributed by atoms with Crippen molar-refractivity contribution in [2.24, 2.45) is 0 Å². The van der Waals surface area contributed by atoms with Crippen LogP contribution in [0.2, 0.25) is 0 Å². The average molecular weight is 432 g/mol. The van der Waals surface area contributed by atoms with Gasteiger partial charge in [0.05, 0.1) is 17.9 Å². The number of ketones is 1. The molecule has 0 fully saturated rings. The zero-order chi connectivity index (χ0) is 19.7. The second-order valence-electron chi connectivity index (χ2n) is 6.15. The number of Topliss-reactive ketones (excluding diaryl/α,β-unsaturated/α-hetero) is 1. The second-order valence-corrected chi connectivity index (χ2v) is 7.07. The van der Waals surface area contributed by atoms with Crippen molar-refractivity contribution in [1.82, 2.24) is 10.3 Å². The minimum Gasteiger partial charge on any atom is -0.395 e. The predicted molar refractivity (Wildman–Crippen MR) is 106 cm³/mol. The largest absolute Gasteiger partial charge is 0.395 e. The summed E-state index contributed by atoms with van der Waals surface area (Å²) in [7, 11) is 0. The Morgan fingerprint density at radius 2 is 2.07 bits per heavy atom. The summed E-state index contributed by atoms with van der Waals surface area (Å²) in [6.07, 6.45) is 1.58. The number of aromatic nitrogens is 1. The number of carbonyl (C=O) groups is 3. The zero-order valence-electron chi connectivity index (χ0n) is 14.8. The maximum Gasteiger partial charge on any atom is 0.268 e. The van der Waals surface area contributed by atoms with Gasteiger partial charge in [0, 0.05) is 27.8 Å². The number of aromatic amines is 1. The maximum atomic E-state index is 12.4. The van der Waals surface area contributed by atoms with Crippen LogP contribution in [0.5, 0.6) is 0 Å². The van der Waals surface area contributed by atoms with Crippen molar-refractivity contribution in [3.05, 3.63) is 50.8 Å². The number of fused-ring (bicyclic) bond motifs is 1. The van der Waals surface area contributed by atoms with Gasteiger partial charge in [0.15, 0.2) is 5.78 Å². The van der Waals surface area contributed by atoms with Gasteiger partial charge in [-0.05, 0) is 43.7 Å². The van der Waals surface area contributed by atoms with E-state index < -0.39 is 5.91 Å². The molecule has 0 unspecified atom stereocenters. The molecule has 8 heteroatoms. The Balaban J connectivity index is 2.11. The van der Waals surface area contributed by atoms with Crippen LogP contribution in [0.4, 0.5) is 5.69 Å². The van der Waals surface area contributed by atoms with Crippen molar-refractivity contribution in [2.45, 2.75) is 13.8 Å². The number of carbonyl (C=O) groups excluding carboxylic acids is 3. The molecule has 0 aliphatic carbocycles. The van der Waals surface area contributed by atoms with Crippen LogP contribution in [-0.4, -0.2) is 40.8 Å². The number of aliphatic hydroxyl groups is 1. The third-order valence-electron chi connectivity index (χ3n) is 4.31. The van der Waals surface area contributed by atoms with E-state index >= 15 is 0 Å². The Hall–Kier alpha value is -2.71. The lowest BCUT2D eigenvalue weighted by Crippen LogP contribution is -2.27. The zero-order valence-corrected chi connectivity index (χ0v) is 16.4. The second kappa shape index (κ2) is 7.50. The number of anilines is 1. The molecule has 0 bridgehead atoms. The van der Waals surface area contributed by atoms with E-state index in [1.54, 1.807) is 19.1 Å². The van der Waals surface area contributed by atoms with Crippen molar-refractivity contribution < 1.29 is 19.5 Å². The van der Waals surface area contributed by atoms with Gasteiger partial charge in [-0.2, -0.15) is 0 Å². The summed E-state index contributed by atoms with van der Waals surface area (Å²) >= 11 is 3.39. The number of benzene rings is 1. The first-order valence-electron chi connectivity index (χ1n) is 8.29. The van der Waals surface area contributed by atoms with Crippen molar-refractivity contribution in [2.75, 3.05) is 18.5 Å². The van der Waals surface area contributed by atoms with Crippen LogP contribution in [0.15, 0.2) is 22.7 Å². The van der Waals surface area contributed by atoms with E-state index in [-0.39, 0.29) is 30.5 Å². The molecule has 0 atom stereocenters. The van der Waals surface area contributed by atoms with Gasteiger partial charge in [0.2, 0.25) is 0 Å². The molecule has 0 radical (unpaired) electrons. The Kier molecular flexibility index (Phi) is 5.29. The number of hydrogen-bond donors (Lipinski definition) is 4. The van der Waals surface area contributed by atoms with E-state index in [1.807, 2.05) is 12.1 Å². The average Bonchev–Trinajstić information content (AvgIpc) is 3.10. The molecule has 0 spiro atoms. The smallest absolute Gasteiger partial charge is 0.268 e. The minimum atomic E-state index is -0.423. The summed E-state index contributed by atoms with van der Waals surface area (Å²) in [5.74, 6) is -0.923. The monoisotopic (exact) mass is 431 g/mol. The molecule has 1 aromatic carbocycles. The van der Waals surface area contributed by atoms with Crippen molar-refractivity contribution >= 4 is 50.9 Å². The molecule has 7 nitrogen and oxygen atoms in total. The van der Waals surface area contributed by atoms with Crippen LogP contribution in [0.1, 0.15) is 44.6 Å². The van der Waals surface area contributed by atoms with E-state index in [1.165, 1.54) is 6.92 Å². The first-order valence-corrected chi connectivity index (χ1v) is 9.08. The highest BCUT2D eigenvalue weighted by molar-refractivity contribution is 9.10. The lowest BCUT2D eigenvalue weighted by molar-refractivity contribution is -0.110. The van der Waals surface area contributed by atoms with E-state index in [0.29, 0.717) is 33.6 Å². The van der Waals surface area contributed by atoms with Gasteiger partial charge >= 0.3 is 0 Å². The van der Waals surface area contributed by atoms with Crippen LogP contribution < -0.4 is 10.6 Å². The highest BCUT2D eigenvalue weighted by Gasteiger charge is 2.27. The fraction of sp³-hybridized carbons (Fsp3) is 0.211. The molecule has 1 aliphatic heterocycles. The first-order chi connectivity index (χ1) is 12.8. The molecule has 27 heavy (non-hydrogen) atoms. The number of nitrogens with one attached hydrogen (secondary N) is 3. The Labute approximate surface area is 164 Å². The molecule has 2 heterocycles. The van der Waals surface area contributed by atoms with Gasteiger partial charge < -0.3 is 20.7 Å². The molecule has 140 valence electrons. The summed E-state index contributed by atoms with van der Waals surface area (Å²) in [4.78, 5) is 39.8. The summed E-state index contributed by atoms with van der Waals surface area (Å²) in [6, 6.07) is 5.43. The maximum absolute atomic E-state index is 12.4. The molecular weight excluding hydrogens is 414 g/mol. The molecule has 0 saturated heterocycles. The van der Waals surface area contributed by atoms with E-state index in [4.69, 9.17) is 5.11 Å². The first kappa shape index (κ1) is 19.1. The van der Waals surface area contributed by atoms with E-state index in [2.05, 4.69) is 31.5 Å². The SMILES string of the molecule is CC(=O)c1c(/C=C2\C(=O)Nc3ccc(Br)cc32)[nH]c(C(=O)NCCO)c1C. The number of aliphatic hydroxyl groups excluding tert-OH is 1. The molecular formula is C19H18BrN3O4. The predicted octanol–water partition coefficient (Wildman–Crippen LogP) is 2.50. The van der Waals surface area contributed by atoms with Gasteiger partial charge in [-0.3, -0.25) is 14.4 Å². The van der Waals surface area contributed by atoms with Crippen LogP contribution in [0, 0.1) is 6.92 Å². The molecule has 1 aromatic heterocycles. The fourth-order valence-corrected chi connectivity index (χ4v) is 3.47. The van der Waals surface area contributed by atoms with Crippen LogP contribution in [-0.2, 0) is 4.79 Å². The van der Waals surface area contributed by atoms with Crippen LogP contribution in [0.3, 0.4) is 0 Å². The van der Waals surface area contributed by atoms with Crippen LogP contribution >= 0.6 is 15.9 Å². The number of rotatable bonds is 5. The Bertz CT molecular complexity index is 991. The van der Waals surface area contributed by atoms with Crippen molar-refractivity contribution in [3.8, 4) is 0 Å². The van der Waals surface area contributed by atoms with Crippen LogP contribution in [0.25, 0.3) is 11.6 Å². The van der Waals surface area contributed by atoms with Gasteiger partial charge in [-0.15, -0.1) is 0 Å². The Morgan fingerprint density at radius 3 is 2.74 bits per heavy atom. The van der Waals surface area contributed by atoms with Crippen molar-refractivity contribution in [1.29, 1.82) is 0 Å². The normalized spacial score (nSPS) is 14.2. The minimum absolute atomic E-state index is 0.104. The van der Waals surface area contributed by atoms with E-state index in [9.17, 15) is 14.4 Å². The number of H-pyrrole nitrogens is 1. The number of halogens is 1. The standard InChI is InChI=1S/C19H18BrN3O4/c1-9-16(10(2)25)15(22-17(9)19(27)21-5-6-24)8-13-12-7-11(20)3-4-14(12)23-18(13)26/h3-4,7-8,22,24H,5-6H2,1-2H3,(H,21,27)(H,23,26)/b13-8-. The number of amides is 2. The third kappa shape index (κ3) is 3.58. The lowest BCUT2D eigenvalue weighted by atomic mass is 10.0. The summed E-state index contributed by atoms with van der Waals surface area (Å²) < 4.78 is 0.821. The highest BCUT2D eigenvalue weighted by atomic mass is 79.9. The molecule has 1 aliphatic rings. The Morgan fingerprint density at radius 1 is 1.33 bits per heavy atom. The molecule has 0 saturated carbocycles. The molecule has 2 aromatic rings. The summed E-state index contributed by atoms with van der Waals surface area (Å²) in [5.41, 5.74) is 3.27. The van der Waals surface area contributed by atoms with Gasteiger partial charge in [-0.1, -0.05) is 15.9 Å². The highest BCUT2D eigenvalue weighted by Crippen LogP contribution is 2.35. The fourth-order valence-electron chi connectivity index (χ4n) is 3.11. The quantitative estimate of drug-likeness (QED) is 0.430. The number of hydrogen-bond acceptors (Lipinski definition) is 4. The topological polar surface area (TPSA) is 111 Å².